The Hall–Kier alpha value is -0.450. The van der Waals surface area contributed by atoms with E-state index in [1.54, 1.807) is 11.3 Å². The van der Waals surface area contributed by atoms with E-state index < -0.39 is 0 Å². The van der Waals surface area contributed by atoms with Gasteiger partial charge in [0, 0.05) is 36.8 Å². The maximum absolute atomic E-state index is 4.43. The van der Waals surface area contributed by atoms with Crippen molar-refractivity contribution in [2.24, 2.45) is 5.92 Å². The molecule has 0 bridgehead atoms. The van der Waals surface area contributed by atoms with Gasteiger partial charge in [-0.2, -0.15) is 0 Å². The normalized spacial score (nSPS) is 25.8. The van der Waals surface area contributed by atoms with Gasteiger partial charge in [-0.05, 0) is 12.3 Å². The summed E-state index contributed by atoms with van der Waals surface area (Å²) in [5.41, 5.74) is 0. The van der Waals surface area contributed by atoms with Crippen LogP contribution in [0.4, 0.5) is 0 Å². The molecule has 1 N–H and O–H groups in total. The molecule has 18 heavy (non-hydrogen) atoms. The Labute approximate surface area is 115 Å². The molecule has 3 nitrogen and oxygen atoms in total. The second kappa shape index (κ2) is 6.64. The van der Waals surface area contributed by atoms with Crippen molar-refractivity contribution in [1.82, 2.24) is 15.2 Å². The zero-order chi connectivity index (χ0) is 13.0. The summed E-state index contributed by atoms with van der Waals surface area (Å²) < 4.78 is 0. The molecule has 0 saturated carbocycles. The van der Waals surface area contributed by atoms with Crippen LogP contribution in [0.25, 0.3) is 0 Å². The van der Waals surface area contributed by atoms with Crippen LogP contribution in [0.15, 0.2) is 11.6 Å². The lowest BCUT2D eigenvalue weighted by atomic mass is 9.97. The topological polar surface area (TPSA) is 28.2 Å². The summed E-state index contributed by atoms with van der Waals surface area (Å²) in [6.07, 6.45) is 4.45. The number of piperazine rings is 1. The van der Waals surface area contributed by atoms with Crippen LogP contribution in [0.5, 0.6) is 0 Å². The van der Waals surface area contributed by atoms with Crippen LogP contribution in [0.2, 0.25) is 0 Å². The monoisotopic (exact) mass is 267 g/mol. The second-order valence-corrected chi connectivity index (χ2v) is 6.54. The number of nitrogens with zero attached hydrogens (tertiary/aromatic N) is 2. The van der Waals surface area contributed by atoms with Gasteiger partial charge in [-0.3, -0.25) is 4.90 Å². The fraction of sp³-hybridized carbons (Fsp3) is 0.786. The summed E-state index contributed by atoms with van der Waals surface area (Å²) in [7, 11) is 0. The van der Waals surface area contributed by atoms with Gasteiger partial charge >= 0.3 is 0 Å². The zero-order valence-electron chi connectivity index (χ0n) is 11.7. The minimum Gasteiger partial charge on any atom is -0.311 e. The van der Waals surface area contributed by atoms with Crippen molar-refractivity contribution in [1.29, 1.82) is 0 Å². The van der Waals surface area contributed by atoms with E-state index in [0.29, 0.717) is 18.0 Å². The molecule has 0 aromatic carbocycles. The third-order valence-corrected chi connectivity index (χ3v) is 4.53. The Morgan fingerprint density at radius 1 is 1.56 bits per heavy atom. The van der Waals surface area contributed by atoms with Crippen molar-refractivity contribution < 1.29 is 0 Å². The first-order chi connectivity index (χ1) is 8.70. The summed E-state index contributed by atoms with van der Waals surface area (Å²) in [4.78, 5) is 7.06. The number of nitrogens with one attached hydrogen (secondary N) is 1. The van der Waals surface area contributed by atoms with Gasteiger partial charge < -0.3 is 5.32 Å². The van der Waals surface area contributed by atoms with Gasteiger partial charge in [-0.15, -0.1) is 11.3 Å². The van der Waals surface area contributed by atoms with E-state index in [2.05, 4.69) is 41.4 Å². The molecule has 0 aliphatic carbocycles. The number of rotatable bonds is 5. The summed E-state index contributed by atoms with van der Waals surface area (Å²) >= 11 is 1.77. The molecular weight excluding hydrogens is 242 g/mol. The van der Waals surface area contributed by atoms with E-state index >= 15 is 0 Å². The summed E-state index contributed by atoms with van der Waals surface area (Å²) in [5.74, 6) is 0.694. The number of hydrogen-bond donors (Lipinski definition) is 1. The molecule has 102 valence electrons. The van der Waals surface area contributed by atoms with Crippen LogP contribution in [-0.4, -0.2) is 35.1 Å². The van der Waals surface area contributed by atoms with E-state index in [0.717, 1.165) is 19.6 Å². The van der Waals surface area contributed by atoms with Crippen LogP contribution in [0, 0.1) is 5.92 Å². The van der Waals surface area contributed by atoms with Gasteiger partial charge in [0.25, 0.3) is 0 Å². The molecule has 1 aromatic heterocycles. The maximum Gasteiger partial charge on any atom is 0.107 e. The predicted octanol–water partition coefficient (Wildman–Crippen LogP) is 2.74. The van der Waals surface area contributed by atoms with Gasteiger partial charge in [0.05, 0.1) is 6.54 Å². The first-order valence-corrected chi connectivity index (χ1v) is 7.94. The fourth-order valence-electron chi connectivity index (χ4n) is 2.79. The number of hydrogen-bond acceptors (Lipinski definition) is 4. The zero-order valence-corrected chi connectivity index (χ0v) is 12.5. The molecule has 1 aromatic rings. The minimum atomic E-state index is 0.641. The second-order valence-electron chi connectivity index (χ2n) is 5.56. The highest BCUT2D eigenvalue weighted by molar-refractivity contribution is 7.09. The summed E-state index contributed by atoms with van der Waals surface area (Å²) in [5, 5.41) is 7.03. The highest BCUT2D eigenvalue weighted by Gasteiger charge is 2.29. The van der Waals surface area contributed by atoms with Crippen LogP contribution >= 0.6 is 11.3 Å². The number of aromatic nitrogens is 1. The molecule has 2 heterocycles. The van der Waals surface area contributed by atoms with E-state index in [1.807, 2.05) is 6.20 Å². The van der Waals surface area contributed by atoms with Crippen molar-refractivity contribution in [3.63, 3.8) is 0 Å². The van der Waals surface area contributed by atoms with Crippen molar-refractivity contribution in [2.75, 3.05) is 13.1 Å². The number of thiazole rings is 1. The first-order valence-electron chi connectivity index (χ1n) is 7.06. The van der Waals surface area contributed by atoms with Gasteiger partial charge in [0.1, 0.15) is 5.01 Å². The molecule has 1 aliphatic rings. The lowest BCUT2D eigenvalue weighted by Gasteiger charge is -2.42. The Kier molecular flexibility index (Phi) is 5.15. The Balaban J connectivity index is 2.00. The third-order valence-electron chi connectivity index (χ3n) is 3.77. The third kappa shape index (κ3) is 3.53. The molecule has 0 amide bonds. The summed E-state index contributed by atoms with van der Waals surface area (Å²) in [6.45, 7) is 10.2. The molecule has 1 fully saturated rings. The molecule has 4 heteroatoms. The van der Waals surface area contributed by atoms with Gasteiger partial charge in [-0.25, -0.2) is 4.98 Å². The smallest absolute Gasteiger partial charge is 0.107 e. The van der Waals surface area contributed by atoms with Crippen molar-refractivity contribution in [2.45, 2.75) is 52.2 Å². The molecular formula is C14H25N3S. The molecule has 2 atom stereocenters. The van der Waals surface area contributed by atoms with Crippen molar-refractivity contribution in [3.05, 3.63) is 16.6 Å². The molecule has 2 unspecified atom stereocenters. The fourth-order valence-corrected chi connectivity index (χ4v) is 3.43. The van der Waals surface area contributed by atoms with Gasteiger partial charge in [0.2, 0.25) is 0 Å². The summed E-state index contributed by atoms with van der Waals surface area (Å²) in [6, 6.07) is 1.30. The molecule has 1 aliphatic heterocycles. The molecule has 1 saturated heterocycles. The van der Waals surface area contributed by atoms with Gasteiger partial charge in [-0.1, -0.05) is 27.2 Å². The van der Waals surface area contributed by atoms with Crippen LogP contribution in [0.1, 0.15) is 38.6 Å². The minimum absolute atomic E-state index is 0.641. The highest BCUT2D eigenvalue weighted by atomic mass is 32.1. The average Bonchev–Trinajstić information content (AvgIpc) is 2.82. The van der Waals surface area contributed by atoms with Crippen LogP contribution < -0.4 is 5.32 Å². The standard InChI is InChI=1S/C14H25N3S/c1-4-5-12-9-17(10-14-15-6-7-18-14)13(8-16-12)11(2)3/h6-7,11-13,16H,4-5,8-10H2,1-3H3. The SMILES string of the molecule is CCCC1CN(Cc2nccs2)C(C(C)C)CN1. The van der Waals surface area contributed by atoms with E-state index in [1.165, 1.54) is 17.8 Å². The molecule has 0 spiro atoms. The quantitative estimate of drug-likeness (QED) is 0.889. The molecule has 2 rings (SSSR count). The van der Waals surface area contributed by atoms with Crippen LogP contribution in [0.3, 0.4) is 0 Å². The Bertz CT molecular complexity index is 337. The van der Waals surface area contributed by atoms with Crippen LogP contribution in [-0.2, 0) is 6.54 Å². The maximum atomic E-state index is 4.43. The Morgan fingerprint density at radius 3 is 3.00 bits per heavy atom. The lowest BCUT2D eigenvalue weighted by molar-refractivity contribution is 0.0884. The van der Waals surface area contributed by atoms with E-state index in [9.17, 15) is 0 Å². The Morgan fingerprint density at radius 2 is 2.39 bits per heavy atom. The largest absolute Gasteiger partial charge is 0.311 e. The highest BCUT2D eigenvalue weighted by Crippen LogP contribution is 2.20. The predicted molar refractivity (Wildman–Crippen MR) is 77.8 cm³/mol. The van der Waals surface area contributed by atoms with E-state index in [4.69, 9.17) is 0 Å². The first kappa shape index (κ1) is 14.0. The lowest BCUT2D eigenvalue weighted by Crippen LogP contribution is -2.57. The average molecular weight is 267 g/mol. The van der Waals surface area contributed by atoms with E-state index in [-0.39, 0.29) is 0 Å². The molecule has 0 radical (unpaired) electrons. The van der Waals surface area contributed by atoms with Gasteiger partial charge in [0.15, 0.2) is 0 Å². The van der Waals surface area contributed by atoms with Crippen molar-refractivity contribution >= 4 is 11.3 Å². The van der Waals surface area contributed by atoms with Crippen molar-refractivity contribution in [3.8, 4) is 0 Å².